The summed E-state index contributed by atoms with van der Waals surface area (Å²) in [5.74, 6) is -3.43. The number of nitrogen functional groups attached to an aromatic ring is 1. The molecule has 2 aromatic rings. The molecule has 3 N–H and O–H groups in total. The van der Waals surface area contributed by atoms with Crippen molar-refractivity contribution in [1.29, 1.82) is 0 Å². The topological polar surface area (TPSA) is 64.3 Å². The lowest BCUT2D eigenvalue weighted by molar-refractivity contribution is 0.102. The van der Waals surface area contributed by atoms with E-state index in [4.69, 9.17) is 10.5 Å². The summed E-state index contributed by atoms with van der Waals surface area (Å²) in [6, 6.07) is 5.02. The van der Waals surface area contributed by atoms with Crippen molar-refractivity contribution in [1.82, 2.24) is 0 Å². The quantitative estimate of drug-likeness (QED) is 0.856. The van der Waals surface area contributed by atoms with Gasteiger partial charge in [-0.2, -0.15) is 0 Å². The lowest BCUT2D eigenvalue weighted by Crippen LogP contribution is -2.14. The maximum Gasteiger partial charge on any atom is 0.255 e. The summed E-state index contributed by atoms with van der Waals surface area (Å²) in [6.07, 6.45) is 0. The third kappa shape index (κ3) is 3.07. The Kier molecular flexibility index (Phi) is 4.02. The Bertz CT molecular complexity index is 705. The van der Waals surface area contributed by atoms with Gasteiger partial charge in [-0.05, 0) is 24.3 Å². The molecule has 0 aromatic heterocycles. The highest BCUT2D eigenvalue weighted by atomic mass is 19.1. The van der Waals surface area contributed by atoms with Crippen LogP contribution in [0.5, 0.6) is 5.75 Å². The van der Waals surface area contributed by atoms with Crippen LogP contribution in [-0.4, -0.2) is 13.0 Å². The fraction of sp³-hybridized carbons (Fsp3) is 0.0714. The molecule has 0 saturated carbocycles. The van der Waals surface area contributed by atoms with Gasteiger partial charge in [-0.25, -0.2) is 13.2 Å². The van der Waals surface area contributed by atoms with E-state index in [1.807, 2.05) is 0 Å². The zero-order chi connectivity index (χ0) is 15.6. The molecule has 2 rings (SSSR count). The Morgan fingerprint density at radius 1 is 1.10 bits per heavy atom. The van der Waals surface area contributed by atoms with Crippen LogP contribution in [0.4, 0.5) is 24.5 Å². The Labute approximate surface area is 118 Å². The first kappa shape index (κ1) is 14.7. The van der Waals surface area contributed by atoms with Crippen LogP contribution in [0.1, 0.15) is 10.4 Å². The Hall–Kier alpha value is -2.70. The highest BCUT2D eigenvalue weighted by Gasteiger charge is 2.14. The standard InChI is InChI=1S/C14H11F3N2O2/c1-21-13-3-2-7(4-10(13)17)14(20)19-12-6-11(18)8(15)5-9(12)16/h2-6H,18H2,1H3,(H,19,20). The van der Waals surface area contributed by atoms with Gasteiger partial charge in [0.15, 0.2) is 11.6 Å². The highest BCUT2D eigenvalue weighted by molar-refractivity contribution is 6.04. The molecule has 21 heavy (non-hydrogen) atoms. The van der Waals surface area contributed by atoms with Crippen LogP contribution >= 0.6 is 0 Å². The number of amides is 1. The number of halogens is 3. The van der Waals surface area contributed by atoms with Gasteiger partial charge in [-0.1, -0.05) is 0 Å². The van der Waals surface area contributed by atoms with E-state index in [-0.39, 0.29) is 22.7 Å². The number of benzene rings is 2. The molecule has 0 aliphatic rings. The van der Waals surface area contributed by atoms with Crippen molar-refractivity contribution in [3.8, 4) is 5.75 Å². The molecule has 0 atom stereocenters. The maximum atomic E-state index is 13.5. The molecule has 0 unspecified atom stereocenters. The van der Waals surface area contributed by atoms with E-state index in [1.54, 1.807) is 0 Å². The van der Waals surface area contributed by atoms with E-state index in [9.17, 15) is 18.0 Å². The van der Waals surface area contributed by atoms with Crippen molar-refractivity contribution < 1.29 is 22.7 Å². The number of nitrogens with one attached hydrogen (secondary N) is 1. The molecule has 0 aliphatic heterocycles. The van der Waals surface area contributed by atoms with Crippen molar-refractivity contribution >= 4 is 17.3 Å². The largest absolute Gasteiger partial charge is 0.494 e. The average molecular weight is 296 g/mol. The van der Waals surface area contributed by atoms with Gasteiger partial charge in [-0.15, -0.1) is 0 Å². The summed E-state index contributed by atoms with van der Waals surface area (Å²) in [7, 11) is 1.29. The zero-order valence-corrected chi connectivity index (χ0v) is 10.9. The third-order valence-electron chi connectivity index (χ3n) is 2.75. The van der Waals surface area contributed by atoms with E-state index in [2.05, 4.69) is 5.32 Å². The zero-order valence-electron chi connectivity index (χ0n) is 10.9. The Balaban J connectivity index is 2.26. The Morgan fingerprint density at radius 3 is 2.43 bits per heavy atom. The maximum absolute atomic E-state index is 13.5. The first-order valence-electron chi connectivity index (χ1n) is 5.81. The second kappa shape index (κ2) is 5.74. The van der Waals surface area contributed by atoms with Gasteiger partial charge >= 0.3 is 0 Å². The fourth-order valence-corrected chi connectivity index (χ4v) is 1.66. The van der Waals surface area contributed by atoms with Gasteiger partial charge in [0.25, 0.3) is 5.91 Å². The van der Waals surface area contributed by atoms with Gasteiger partial charge in [0.05, 0.1) is 18.5 Å². The van der Waals surface area contributed by atoms with Crippen molar-refractivity contribution in [3.05, 3.63) is 53.3 Å². The van der Waals surface area contributed by atoms with Gasteiger partial charge < -0.3 is 15.8 Å². The second-order valence-corrected chi connectivity index (χ2v) is 4.16. The first-order valence-corrected chi connectivity index (χ1v) is 5.81. The molecule has 0 bridgehead atoms. The molecule has 7 heteroatoms. The molecule has 110 valence electrons. The van der Waals surface area contributed by atoms with E-state index in [0.717, 1.165) is 12.1 Å². The van der Waals surface area contributed by atoms with Gasteiger partial charge in [0.1, 0.15) is 11.6 Å². The summed E-state index contributed by atoms with van der Waals surface area (Å²) in [5.41, 5.74) is 4.64. The van der Waals surface area contributed by atoms with E-state index >= 15 is 0 Å². The van der Waals surface area contributed by atoms with Gasteiger partial charge in [0.2, 0.25) is 0 Å². The summed E-state index contributed by atoms with van der Waals surface area (Å²) in [5, 5.41) is 2.19. The number of hydrogen-bond acceptors (Lipinski definition) is 3. The molecular formula is C14H11F3N2O2. The molecule has 0 aliphatic carbocycles. The van der Waals surface area contributed by atoms with Crippen LogP contribution in [0, 0.1) is 17.5 Å². The van der Waals surface area contributed by atoms with Crippen LogP contribution < -0.4 is 15.8 Å². The number of rotatable bonds is 3. The smallest absolute Gasteiger partial charge is 0.255 e. The van der Waals surface area contributed by atoms with Gasteiger partial charge in [0, 0.05) is 11.6 Å². The number of anilines is 2. The van der Waals surface area contributed by atoms with Crippen LogP contribution in [0.3, 0.4) is 0 Å². The summed E-state index contributed by atoms with van der Waals surface area (Å²) in [6.45, 7) is 0. The van der Waals surface area contributed by atoms with Crippen molar-refractivity contribution in [2.75, 3.05) is 18.2 Å². The number of nitrogens with two attached hydrogens (primary N) is 1. The predicted molar refractivity (Wildman–Crippen MR) is 71.7 cm³/mol. The number of carbonyl (C=O) groups is 1. The molecular weight excluding hydrogens is 285 g/mol. The van der Waals surface area contributed by atoms with Crippen molar-refractivity contribution in [2.45, 2.75) is 0 Å². The number of hydrogen-bond donors (Lipinski definition) is 2. The summed E-state index contributed by atoms with van der Waals surface area (Å²) >= 11 is 0. The van der Waals surface area contributed by atoms with Crippen LogP contribution in [0.2, 0.25) is 0 Å². The lowest BCUT2D eigenvalue weighted by Gasteiger charge is -2.09. The van der Waals surface area contributed by atoms with Crippen molar-refractivity contribution in [2.24, 2.45) is 0 Å². The molecule has 1 amide bonds. The van der Waals surface area contributed by atoms with Crippen LogP contribution in [0.15, 0.2) is 30.3 Å². The first-order chi connectivity index (χ1) is 9.92. The van der Waals surface area contributed by atoms with Crippen molar-refractivity contribution in [3.63, 3.8) is 0 Å². The molecule has 0 saturated heterocycles. The second-order valence-electron chi connectivity index (χ2n) is 4.16. The minimum atomic E-state index is -0.982. The SMILES string of the molecule is COc1ccc(C(=O)Nc2cc(N)c(F)cc2F)cc1F. The monoisotopic (exact) mass is 296 g/mol. The third-order valence-corrected chi connectivity index (χ3v) is 2.75. The summed E-state index contributed by atoms with van der Waals surface area (Å²) < 4.78 is 44.7. The highest BCUT2D eigenvalue weighted by Crippen LogP contribution is 2.23. The Morgan fingerprint density at radius 2 is 1.81 bits per heavy atom. The molecule has 0 radical (unpaired) electrons. The van der Waals surface area contributed by atoms with Crippen LogP contribution in [-0.2, 0) is 0 Å². The fourth-order valence-electron chi connectivity index (χ4n) is 1.66. The van der Waals surface area contributed by atoms with E-state index in [0.29, 0.717) is 6.07 Å². The number of ether oxygens (including phenoxy) is 1. The molecule has 4 nitrogen and oxygen atoms in total. The molecule has 0 heterocycles. The normalized spacial score (nSPS) is 10.3. The average Bonchev–Trinajstić information content (AvgIpc) is 2.44. The number of carbonyl (C=O) groups excluding carboxylic acids is 1. The molecule has 2 aromatic carbocycles. The van der Waals surface area contributed by atoms with Gasteiger partial charge in [-0.3, -0.25) is 4.79 Å². The van der Waals surface area contributed by atoms with E-state index < -0.39 is 23.4 Å². The minimum absolute atomic E-state index is 0.0243. The molecule has 0 spiro atoms. The minimum Gasteiger partial charge on any atom is -0.494 e. The predicted octanol–water partition coefficient (Wildman–Crippen LogP) is 2.95. The number of methoxy groups -OCH3 is 1. The van der Waals surface area contributed by atoms with E-state index in [1.165, 1.54) is 19.2 Å². The summed E-state index contributed by atoms with van der Waals surface area (Å²) in [4.78, 5) is 11.9. The molecule has 0 fully saturated rings. The lowest BCUT2D eigenvalue weighted by atomic mass is 10.2. The van der Waals surface area contributed by atoms with Crippen LogP contribution in [0.25, 0.3) is 0 Å².